The van der Waals surface area contributed by atoms with Crippen molar-refractivity contribution < 1.29 is 18.0 Å². The highest BCUT2D eigenvalue weighted by Crippen LogP contribution is 2.34. The number of hydrogen-bond donors (Lipinski definition) is 2. The number of carbonyl (C=O) groups is 1. The Morgan fingerprint density at radius 1 is 1.29 bits per heavy atom. The molecule has 2 rings (SSSR count). The van der Waals surface area contributed by atoms with Gasteiger partial charge < -0.3 is 11.1 Å². The summed E-state index contributed by atoms with van der Waals surface area (Å²) in [6, 6.07) is 4.36. The van der Waals surface area contributed by atoms with Gasteiger partial charge in [-0.05, 0) is 40.2 Å². The Morgan fingerprint density at radius 2 is 2.00 bits per heavy atom. The zero-order chi connectivity index (χ0) is 15.6. The number of rotatable bonds is 2. The SMILES string of the molecule is Nc1cnccc1C(=O)Nc1cc(C(F)(F)F)ccc1Br. The van der Waals surface area contributed by atoms with Crippen LogP contribution in [0.15, 0.2) is 41.1 Å². The number of hydrogen-bond acceptors (Lipinski definition) is 3. The minimum absolute atomic E-state index is 0.00559. The van der Waals surface area contributed by atoms with E-state index in [0.29, 0.717) is 4.47 Å². The third kappa shape index (κ3) is 3.52. The maximum atomic E-state index is 12.7. The van der Waals surface area contributed by atoms with Gasteiger partial charge in [-0.2, -0.15) is 13.2 Å². The monoisotopic (exact) mass is 359 g/mol. The predicted octanol–water partition coefficient (Wildman–Crippen LogP) is 3.70. The number of nitrogens with one attached hydrogen (secondary N) is 1. The Hall–Kier alpha value is -2.09. The quantitative estimate of drug-likeness (QED) is 0.858. The predicted molar refractivity (Wildman–Crippen MR) is 75.7 cm³/mol. The summed E-state index contributed by atoms with van der Waals surface area (Å²) in [5, 5.41) is 2.39. The summed E-state index contributed by atoms with van der Waals surface area (Å²) in [4.78, 5) is 15.8. The first-order valence-corrected chi connectivity index (χ1v) is 6.46. The molecule has 4 nitrogen and oxygen atoms in total. The van der Waals surface area contributed by atoms with E-state index >= 15 is 0 Å². The molecule has 0 spiro atoms. The van der Waals surface area contributed by atoms with Crippen LogP contribution in [0.3, 0.4) is 0 Å². The number of aromatic nitrogens is 1. The molecule has 0 aliphatic rings. The molecule has 0 unspecified atom stereocenters. The van der Waals surface area contributed by atoms with E-state index in [2.05, 4.69) is 26.2 Å². The van der Waals surface area contributed by atoms with Crippen molar-refractivity contribution in [1.82, 2.24) is 4.98 Å². The van der Waals surface area contributed by atoms with Crippen molar-refractivity contribution in [3.05, 3.63) is 52.3 Å². The van der Waals surface area contributed by atoms with Gasteiger partial charge in [-0.15, -0.1) is 0 Å². The fourth-order valence-electron chi connectivity index (χ4n) is 1.60. The third-order valence-electron chi connectivity index (χ3n) is 2.64. The minimum atomic E-state index is -4.49. The van der Waals surface area contributed by atoms with Crippen LogP contribution in [0.5, 0.6) is 0 Å². The smallest absolute Gasteiger partial charge is 0.397 e. The van der Waals surface area contributed by atoms with E-state index in [1.165, 1.54) is 24.5 Å². The average Bonchev–Trinajstić information content (AvgIpc) is 2.40. The second-order valence-electron chi connectivity index (χ2n) is 4.11. The van der Waals surface area contributed by atoms with E-state index in [-0.39, 0.29) is 16.9 Å². The normalized spacial score (nSPS) is 11.2. The van der Waals surface area contributed by atoms with Crippen LogP contribution in [-0.4, -0.2) is 10.9 Å². The van der Waals surface area contributed by atoms with Crippen molar-refractivity contribution in [1.29, 1.82) is 0 Å². The number of alkyl halides is 3. The van der Waals surface area contributed by atoms with Crippen molar-refractivity contribution in [2.75, 3.05) is 11.1 Å². The van der Waals surface area contributed by atoms with E-state index in [4.69, 9.17) is 5.73 Å². The highest BCUT2D eigenvalue weighted by atomic mass is 79.9. The van der Waals surface area contributed by atoms with Gasteiger partial charge in [0, 0.05) is 10.7 Å². The van der Waals surface area contributed by atoms with Crippen molar-refractivity contribution in [2.45, 2.75) is 6.18 Å². The molecule has 110 valence electrons. The maximum Gasteiger partial charge on any atom is 0.416 e. The molecule has 2 aromatic rings. The first-order chi connectivity index (χ1) is 9.79. The number of nitrogens with two attached hydrogens (primary N) is 1. The number of nitrogens with zero attached hydrogens (tertiary/aromatic N) is 1. The second kappa shape index (κ2) is 5.72. The molecule has 0 aliphatic heterocycles. The molecule has 0 bridgehead atoms. The van der Waals surface area contributed by atoms with E-state index in [9.17, 15) is 18.0 Å². The summed E-state index contributed by atoms with van der Waals surface area (Å²) in [6.45, 7) is 0. The number of pyridine rings is 1. The lowest BCUT2D eigenvalue weighted by atomic mass is 10.1. The number of halogens is 4. The fraction of sp³-hybridized carbons (Fsp3) is 0.0769. The van der Waals surface area contributed by atoms with Crippen LogP contribution < -0.4 is 11.1 Å². The summed E-state index contributed by atoms with van der Waals surface area (Å²) in [5.74, 6) is -0.616. The molecular formula is C13H9BrF3N3O. The summed E-state index contributed by atoms with van der Waals surface area (Å²) in [6.07, 6.45) is -1.83. The molecule has 0 saturated carbocycles. The van der Waals surface area contributed by atoms with Crippen LogP contribution in [-0.2, 0) is 6.18 Å². The standard InChI is InChI=1S/C13H9BrF3N3O/c14-9-2-1-7(13(15,16)17)5-11(9)20-12(21)8-3-4-19-6-10(8)18/h1-6H,18H2,(H,20,21). The molecule has 0 fully saturated rings. The van der Waals surface area contributed by atoms with Gasteiger partial charge in [0.2, 0.25) is 0 Å². The molecule has 0 aliphatic carbocycles. The van der Waals surface area contributed by atoms with Crippen LogP contribution in [0.4, 0.5) is 24.5 Å². The number of carbonyl (C=O) groups excluding carboxylic acids is 1. The lowest BCUT2D eigenvalue weighted by Crippen LogP contribution is -2.15. The van der Waals surface area contributed by atoms with E-state index in [1.54, 1.807) is 0 Å². The second-order valence-corrected chi connectivity index (χ2v) is 4.96. The Bertz CT molecular complexity index is 689. The lowest BCUT2D eigenvalue weighted by Gasteiger charge is -2.12. The van der Waals surface area contributed by atoms with Crippen LogP contribution in [0.25, 0.3) is 0 Å². The topological polar surface area (TPSA) is 68.0 Å². The van der Waals surface area contributed by atoms with Crippen molar-refractivity contribution in [3.8, 4) is 0 Å². The number of benzene rings is 1. The van der Waals surface area contributed by atoms with Crippen LogP contribution >= 0.6 is 15.9 Å². The Kier molecular flexibility index (Phi) is 4.17. The van der Waals surface area contributed by atoms with Crippen molar-refractivity contribution in [2.24, 2.45) is 0 Å². The molecule has 0 radical (unpaired) electrons. The number of nitrogen functional groups attached to an aromatic ring is 1. The van der Waals surface area contributed by atoms with Crippen molar-refractivity contribution >= 4 is 33.2 Å². The fourth-order valence-corrected chi connectivity index (χ4v) is 1.95. The zero-order valence-electron chi connectivity index (χ0n) is 10.4. The van der Waals surface area contributed by atoms with Gasteiger partial charge in [0.1, 0.15) is 0 Å². The van der Waals surface area contributed by atoms with Gasteiger partial charge in [-0.25, -0.2) is 0 Å². The maximum absolute atomic E-state index is 12.7. The van der Waals surface area contributed by atoms with Crippen molar-refractivity contribution in [3.63, 3.8) is 0 Å². The molecule has 1 aromatic heterocycles. The van der Waals surface area contributed by atoms with Gasteiger partial charge in [0.05, 0.1) is 28.7 Å². The lowest BCUT2D eigenvalue weighted by molar-refractivity contribution is -0.137. The molecule has 0 atom stereocenters. The Morgan fingerprint density at radius 3 is 2.62 bits per heavy atom. The third-order valence-corrected chi connectivity index (χ3v) is 3.33. The molecule has 21 heavy (non-hydrogen) atoms. The van der Waals surface area contributed by atoms with Gasteiger partial charge in [0.15, 0.2) is 0 Å². The summed E-state index contributed by atoms with van der Waals surface area (Å²) < 4.78 is 38.3. The molecule has 1 aromatic carbocycles. The van der Waals surface area contributed by atoms with Gasteiger partial charge >= 0.3 is 6.18 Å². The Labute approximate surface area is 126 Å². The van der Waals surface area contributed by atoms with Crippen LogP contribution in [0, 0.1) is 0 Å². The van der Waals surface area contributed by atoms with Gasteiger partial charge in [0.25, 0.3) is 5.91 Å². The molecular weight excluding hydrogens is 351 g/mol. The average molecular weight is 360 g/mol. The number of amides is 1. The first-order valence-electron chi connectivity index (χ1n) is 5.66. The summed E-state index contributed by atoms with van der Waals surface area (Å²) >= 11 is 3.09. The van der Waals surface area contributed by atoms with Crippen LogP contribution in [0.1, 0.15) is 15.9 Å². The Balaban J connectivity index is 2.31. The summed E-state index contributed by atoms with van der Waals surface area (Å²) in [5.41, 5.74) is 5.02. The largest absolute Gasteiger partial charge is 0.416 e. The van der Waals surface area contributed by atoms with E-state index < -0.39 is 17.6 Å². The number of anilines is 2. The van der Waals surface area contributed by atoms with E-state index in [1.807, 2.05) is 0 Å². The van der Waals surface area contributed by atoms with Gasteiger partial charge in [-0.3, -0.25) is 9.78 Å². The highest BCUT2D eigenvalue weighted by Gasteiger charge is 2.31. The first kappa shape index (κ1) is 15.3. The summed E-state index contributed by atoms with van der Waals surface area (Å²) in [7, 11) is 0. The van der Waals surface area contributed by atoms with E-state index in [0.717, 1.165) is 12.1 Å². The van der Waals surface area contributed by atoms with Crippen LogP contribution in [0.2, 0.25) is 0 Å². The minimum Gasteiger partial charge on any atom is -0.397 e. The molecule has 1 heterocycles. The molecule has 1 amide bonds. The zero-order valence-corrected chi connectivity index (χ0v) is 12.0. The molecule has 8 heteroatoms. The van der Waals surface area contributed by atoms with Gasteiger partial charge in [-0.1, -0.05) is 0 Å². The highest BCUT2D eigenvalue weighted by molar-refractivity contribution is 9.10. The molecule has 0 saturated heterocycles. The molecule has 3 N–H and O–H groups in total.